The van der Waals surface area contributed by atoms with Gasteiger partial charge in [-0.2, -0.15) is 0 Å². The predicted octanol–water partition coefficient (Wildman–Crippen LogP) is 3.61. The summed E-state index contributed by atoms with van der Waals surface area (Å²) in [7, 11) is 2.01. The van der Waals surface area contributed by atoms with E-state index >= 15 is 0 Å². The number of anilines is 1. The van der Waals surface area contributed by atoms with E-state index < -0.39 is 0 Å². The zero-order valence-corrected chi connectivity index (χ0v) is 13.7. The molecule has 0 bridgehead atoms. The zero-order chi connectivity index (χ0) is 14.0. The molecule has 2 atom stereocenters. The number of nitrogens with zero attached hydrogens (tertiary/aromatic N) is 2. The fourth-order valence-corrected chi connectivity index (χ4v) is 4.11. The van der Waals surface area contributed by atoms with E-state index in [1.54, 1.807) is 0 Å². The first-order chi connectivity index (χ1) is 9.02. The Hall–Kier alpha value is -0.610. The van der Waals surface area contributed by atoms with Gasteiger partial charge in [-0.3, -0.25) is 0 Å². The van der Waals surface area contributed by atoms with E-state index in [-0.39, 0.29) is 0 Å². The number of aromatic nitrogens is 1. The molecule has 1 fully saturated rings. The van der Waals surface area contributed by atoms with Crippen molar-refractivity contribution in [3.8, 4) is 0 Å². The Labute approximate surface area is 121 Å². The van der Waals surface area contributed by atoms with Crippen LogP contribution in [-0.4, -0.2) is 24.6 Å². The molecule has 2 rings (SSSR count). The van der Waals surface area contributed by atoms with E-state index in [2.05, 4.69) is 37.9 Å². The van der Waals surface area contributed by atoms with Crippen molar-refractivity contribution in [3.05, 3.63) is 10.6 Å². The van der Waals surface area contributed by atoms with Crippen molar-refractivity contribution in [2.45, 2.75) is 59.0 Å². The third-order valence-electron chi connectivity index (χ3n) is 3.96. The van der Waals surface area contributed by atoms with Gasteiger partial charge >= 0.3 is 0 Å². The molecule has 1 N–H and O–H groups in total. The quantitative estimate of drug-likeness (QED) is 0.914. The number of nitrogens with one attached hydrogen (secondary N) is 1. The normalized spacial score (nSPS) is 24.2. The Morgan fingerprint density at radius 1 is 1.37 bits per heavy atom. The highest BCUT2D eigenvalue weighted by molar-refractivity contribution is 7.15. The van der Waals surface area contributed by atoms with Gasteiger partial charge in [0.2, 0.25) is 0 Å². The summed E-state index contributed by atoms with van der Waals surface area (Å²) in [6.07, 6.45) is 2.64. The Morgan fingerprint density at radius 3 is 2.74 bits per heavy atom. The van der Waals surface area contributed by atoms with E-state index in [1.165, 1.54) is 28.5 Å². The van der Waals surface area contributed by atoms with Crippen molar-refractivity contribution in [3.63, 3.8) is 0 Å². The van der Waals surface area contributed by atoms with Crippen LogP contribution in [0.25, 0.3) is 0 Å². The number of rotatable bonds is 4. The maximum Gasteiger partial charge on any atom is 0.186 e. The topological polar surface area (TPSA) is 28.2 Å². The third kappa shape index (κ3) is 3.29. The van der Waals surface area contributed by atoms with Crippen LogP contribution in [0.2, 0.25) is 0 Å². The van der Waals surface area contributed by atoms with Gasteiger partial charge in [-0.15, -0.1) is 11.3 Å². The molecule has 2 unspecified atom stereocenters. The van der Waals surface area contributed by atoms with Crippen molar-refractivity contribution in [2.24, 2.45) is 5.92 Å². The van der Waals surface area contributed by atoms with E-state index in [0.29, 0.717) is 12.0 Å². The van der Waals surface area contributed by atoms with Gasteiger partial charge in [0.15, 0.2) is 5.13 Å². The summed E-state index contributed by atoms with van der Waals surface area (Å²) in [6.45, 7) is 11.2. The Balaban J connectivity index is 2.26. The summed E-state index contributed by atoms with van der Waals surface area (Å²) in [5.41, 5.74) is 1.28. The fraction of sp³-hybridized carbons (Fsp3) is 0.800. The summed E-state index contributed by atoms with van der Waals surface area (Å²) in [4.78, 5) is 8.86. The van der Waals surface area contributed by atoms with Crippen molar-refractivity contribution in [1.29, 1.82) is 0 Å². The average Bonchev–Trinajstić information content (AvgIpc) is 2.77. The molecule has 3 nitrogen and oxygen atoms in total. The molecule has 19 heavy (non-hydrogen) atoms. The maximum atomic E-state index is 4.94. The third-order valence-corrected chi connectivity index (χ3v) is 5.07. The highest BCUT2D eigenvalue weighted by Gasteiger charge is 2.26. The molecule has 0 aromatic carbocycles. The smallest absolute Gasteiger partial charge is 0.186 e. The van der Waals surface area contributed by atoms with Gasteiger partial charge < -0.3 is 10.2 Å². The van der Waals surface area contributed by atoms with Gasteiger partial charge in [0.05, 0.1) is 5.69 Å². The molecule has 0 saturated carbocycles. The van der Waals surface area contributed by atoms with Gasteiger partial charge in [-0.25, -0.2) is 4.98 Å². The van der Waals surface area contributed by atoms with E-state index in [1.807, 2.05) is 18.4 Å². The van der Waals surface area contributed by atoms with E-state index in [0.717, 1.165) is 19.0 Å². The summed E-state index contributed by atoms with van der Waals surface area (Å²) in [5.74, 6) is 1.29. The van der Waals surface area contributed by atoms with Crippen LogP contribution in [0.4, 0.5) is 5.13 Å². The second-order valence-corrected chi connectivity index (χ2v) is 7.24. The monoisotopic (exact) mass is 281 g/mol. The molecule has 1 aliphatic heterocycles. The Morgan fingerprint density at radius 2 is 2.11 bits per heavy atom. The van der Waals surface area contributed by atoms with Crippen molar-refractivity contribution < 1.29 is 0 Å². The summed E-state index contributed by atoms with van der Waals surface area (Å²) < 4.78 is 0. The van der Waals surface area contributed by atoms with Crippen LogP contribution in [-0.2, 0) is 6.54 Å². The van der Waals surface area contributed by atoms with Crippen molar-refractivity contribution >= 4 is 16.5 Å². The highest BCUT2D eigenvalue weighted by atomic mass is 32.1. The molecule has 4 heteroatoms. The zero-order valence-electron chi connectivity index (χ0n) is 12.9. The molecule has 2 heterocycles. The van der Waals surface area contributed by atoms with E-state index in [4.69, 9.17) is 4.98 Å². The molecule has 0 spiro atoms. The molecule has 1 saturated heterocycles. The summed E-state index contributed by atoms with van der Waals surface area (Å²) in [5, 5.41) is 4.50. The van der Waals surface area contributed by atoms with Gasteiger partial charge in [-0.05, 0) is 38.6 Å². The lowest BCUT2D eigenvalue weighted by molar-refractivity contribution is 0.390. The van der Waals surface area contributed by atoms with E-state index in [9.17, 15) is 0 Å². The molecule has 0 aliphatic carbocycles. The Bertz CT molecular complexity index is 414. The molecular formula is C15H27N3S. The molecular weight excluding hydrogens is 254 g/mol. The Kier molecular flexibility index (Phi) is 4.85. The van der Waals surface area contributed by atoms with Crippen LogP contribution in [0.15, 0.2) is 0 Å². The fourth-order valence-electron chi connectivity index (χ4n) is 2.77. The minimum Gasteiger partial charge on any atom is -0.345 e. The minimum absolute atomic E-state index is 0.505. The lowest BCUT2D eigenvalue weighted by atomic mass is 9.96. The largest absolute Gasteiger partial charge is 0.345 e. The van der Waals surface area contributed by atoms with Gasteiger partial charge in [0, 0.05) is 24.0 Å². The number of piperidine rings is 1. The molecule has 108 valence electrons. The molecule has 0 amide bonds. The molecule has 1 aromatic rings. The minimum atomic E-state index is 0.505. The maximum absolute atomic E-state index is 4.94. The second kappa shape index (κ2) is 6.23. The molecule has 1 aromatic heterocycles. The average molecular weight is 281 g/mol. The first-order valence-corrected chi connectivity index (χ1v) is 8.25. The van der Waals surface area contributed by atoms with Gasteiger partial charge in [0.1, 0.15) is 0 Å². The molecule has 1 aliphatic rings. The first kappa shape index (κ1) is 14.8. The van der Waals surface area contributed by atoms with Crippen LogP contribution in [0.3, 0.4) is 0 Å². The van der Waals surface area contributed by atoms with Crippen LogP contribution in [0, 0.1) is 5.92 Å². The number of hydrogen-bond acceptors (Lipinski definition) is 4. The lowest BCUT2D eigenvalue weighted by Gasteiger charge is -2.36. The summed E-state index contributed by atoms with van der Waals surface area (Å²) >= 11 is 1.88. The van der Waals surface area contributed by atoms with Crippen molar-refractivity contribution in [1.82, 2.24) is 10.3 Å². The first-order valence-electron chi connectivity index (χ1n) is 7.43. The lowest BCUT2D eigenvalue weighted by Crippen LogP contribution is -2.41. The highest BCUT2D eigenvalue weighted by Crippen LogP contribution is 2.34. The molecule has 0 radical (unpaired) electrons. The van der Waals surface area contributed by atoms with Gasteiger partial charge in [-0.1, -0.05) is 20.8 Å². The summed E-state index contributed by atoms with van der Waals surface area (Å²) in [6, 6.07) is 0.629. The number of thiazole rings is 1. The van der Waals surface area contributed by atoms with Crippen LogP contribution in [0.5, 0.6) is 0 Å². The van der Waals surface area contributed by atoms with Crippen molar-refractivity contribution in [2.75, 3.05) is 18.5 Å². The van der Waals surface area contributed by atoms with Crippen LogP contribution < -0.4 is 10.2 Å². The standard InChI is InChI=1S/C15H27N3S/c1-10(2)14-13(8-16-5)19-15(17-14)18-9-11(3)6-7-12(18)4/h10-12,16H,6-9H2,1-5H3. The van der Waals surface area contributed by atoms with Crippen LogP contribution >= 0.6 is 11.3 Å². The predicted molar refractivity (Wildman–Crippen MR) is 84.2 cm³/mol. The SMILES string of the molecule is CNCc1sc(N2CC(C)CCC2C)nc1C(C)C. The second-order valence-electron chi connectivity index (χ2n) is 6.17. The van der Waals surface area contributed by atoms with Gasteiger partial charge in [0.25, 0.3) is 0 Å². The number of hydrogen-bond donors (Lipinski definition) is 1. The van der Waals surface area contributed by atoms with Crippen LogP contribution in [0.1, 0.15) is 57.0 Å².